The van der Waals surface area contributed by atoms with E-state index in [1.807, 2.05) is 59.2 Å². The first kappa shape index (κ1) is 23.2. The lowest BCUT2D eigenvalue weighted by molar-refractivity contribution is -0.384. The molecule has 0 N–H and O–H groups in total. The SMILES string of the molecule is CCOC(=O)[C@H]1C(=O)N(CCc2ccccc2)c2nc3ccccc3n2[C@@H]1c1cccc([N+](=O)[O-])c1. The van der Waals surface area contributed by atoms with Gasteiger partial charge in [0.2, 0.25) is 11.9 Å². The summed E-state index contributed by atoms with van der Waals surface area (Å²) in [5.41, 5.74) is 2.75. The number of non-ortho nitro benzene ring substituents is 1. The molecule has 3 aromatic carbocycles. The van der Waals surface area contributed by atoms with E-state index in [4.69, 9.17) is 9.72 Å². The number of aromatic nitrogens is 2. The first-order valence-corrected chi connectivity index (χ1v) is 11.7. The number of nitrogens with zero attached hydrogens (tertiary/aromatic N) is 4. The van der Waals surface area contributed by atoms with Crippen LogP contribution in [0.15, 0.2) is 78.9 Å². The van der Waals surface area contributed by atoms with E-state index in [9.17, 15) is 19.7 Å². The molecule has 1 aliphatic rings. The van der Waals surface area contributed by atoms with Crippen LogP contribution in [-0.2, 0) is 20.7 Å². The minimum atomic E-state index is -1.23. The maximum atomic E-state index is 13.9. The number of fused-ring (bicyclic) bond motifs is 3. The van der Waals surface area contributed by atoms with E-state index < -0.39 is 28.8 Å². The molecule has 1 aromatic heterocycles. The van der Waals surface area contributed by atoms with Crippen molar-refractivity contribution in [2.45, 2.75) is 19.4 Å². The summed E-state index contributed by atoms with van der Waals surface area (Å²) in [6, 6.07) is 22.3. The van der Waals surface area contributed by atoms with Gasteiger partial charge in [-0.15, -0.1) is 0 Å². The number of carbonyl (C=O) groups is 2. The Morgan fingerprint density at radius 2 is 1.81 bits per heavy atom. The van der Waals surface area contributed by atoms with Gasteiger partial charge in [0.1, 0.15) is 0 Å². The molecule has 182 valence electrons. The minimum absolute atomic E-state index is 0.103. The van der Waals surface area contributed by atoms with Gasteiger partial charge in [-0.05, 0) is 36.6 Å². The zero-order valence-electron chi connectivity index (χ0n) is 19.6. The molecule has 0 bridgehead atoms. The highest BCUT2D eigenvalue weighted by atomic mass is 16.6. The largest absolute Gasteiger partial charge is 0.465 e. The minimum Gasteiger partial charge on any atom is -0.465 e. The number of hydrogen-bond acceptors (Lipinski definition) is 6. The van der Waals surface area contributed by atoms with Crippen LogP contribution < -0.4 is 4.90 Å². The van der Waals surface area contributed by atoms with E-state index in [0.29, 0.717) is 30.0 Å². The highest BCUT2D eigenvalue weighted by Crippen LogP contribution is 2.42. The first-order valence-electron chi connectivity index (χ1n) is 11.7. The van der Waals surface area contributed by atoms with Crippen molar-refractivity contribution in [1.82, 2.24) is 9.55 Å². The van der Waals surface area contributed by atoms with E-state index in [2.05, 4.69) is 0 Å². The van der Waals surface area contributed by atoms with Crippen LogP contribution in [0.3, 0.4) is 0 Å². The number of benzene rings is 3. The van der Waals surface area contributed by atoms with E-state index in [1.54, 1.807) is 19.1 Å². The van der Waals surface area contributed by atoms with Crippen LogP contribution in [0.2, 0.25) is 0 Å². The number of amides is 1. The Balaban J connectivity index is 1.70. The number of ether oxygens (including phenoxy) is 1. The number of para-hydroxylation sites is 2. The molecule has 4 aromatic rings. The summed E-state index contributed by atoms with van der Waals surface area (Å²) >= 11 is 0. The second-order valence-corrected chi connectivity index (χ2v) is 8.52. The fourth-order valence-corrected chi connectivity index (χ4v) is 4.77. The fraction of sp³-hybridized carbons (Fsp3) is 0.222. The summed E-state index contributed by atoms with van der Waals surface area (Å²) in [5, 5.41) is 11.5. The number of rotatable bonds is 7. The molecule has 5 rings (SSSR count). The smallest absolute Gasteiger partial charge is 0.321 e. The van der Waals surface area contributed by atoms with Crippen molar-refractivity contribution in [3.8, 4) is 0 Å². The Labute approximate surface area is 207 Å². The van der Waals surface area contributed by atoms with Crippen LogP contribution in [0.5, 0.6) is 0 Å². The second kappa shape index (κ2) is 9.61. The molecule has 0 saturated heterocycles. The molecule has 0 fully saturated rings. The number of anilines is 1. The molecular formula is C27H24N4O5. The summed E-state index contributed by atoms with van der Waals surface area (Å²) in [5.74, 6) is -1.95. The predicted molar refractivity (Wildman–Crippen MR) is 134 cm³/mol. The normalized spacial score (nSPS) is 17.1. The maximum Gasteiger partial charge on any atom is 0.321 e. The third kappa shape index (κ3) is 4.08. The third-order valence-corrected chi connectivity index (χ3v) is 6.37. The molecular weight excluding hydrogens is 460 g/mol. The van der Waals surface area contributed by atoms with Gasteiger partial charge in [0.15, 0.2) is 5.92 Å². The average Bonchev–Trinajstić information content (AvgIpc) is 3.27. The van der Waals surface area contributed by atoms with Gasteiger partial charge >= 0.3 is 5.97 Å². The third-order valence-electron chi connectivity index (χ3n) is 6.37. The summed E-state index contributed by atoms with van der Waals surface area (Å²) in [6.07, 6.45) is 0.562. The van der Waals surface area contributed by atoms with Crippen LogP contribution in [-0.4, -0.2) is 39.5 Å². The van der Waals surface area contributed by atoms with E-state index in [1.165, 1.54) is 17.0 Å². The fourth-order valence-electron chi connectivity index (χ4n) is 4.77. The lowest BCUT2D eigenvalue weighted by atomic mass is 9.89. The van der Waals surface area contributed by atoms with Crippen molar-refractivity contribution in [2.75, 3.05) is 18.1 Å². The number of imidazole rings is 1. The summed E-state index contributed by atoms with van der Waals surface area (Å²) in [7, 11) is 0. The molecule has 2 atom stereocenters. The van der Waals surface area contributed by atoms with Gasteiger partial charge in [-0.3, -0.25) is 24.6 Å². The van der Waals surface area contributed by atoms with Gasteiger partial charge in [-0.25, -0.2) is 4.98 Å². The Hall–Kier alpha value is -4.53. The van der Waals surface area contributed by atoms with Crippen LogP contribution >= 0.6 is 0 Å². The molecule has 0 spiro atoms. The topological polar surface area (TPSA) is 108 Å². The van der Waals surface area contributed by atoms with Gasteiger partial charge in [-0.2, -0.15) is 0 Å². The Kier molecular flexibility index (Phi) is 6.20. The Morgan fingerprint density at radius 1 is 1.06 bits per heavy atom. The predicted octanol–water partition coefficient (Wildman–Crippen LogP) is 4.30. The highest BCUT2D eigenvalue weighted by Gasteiger charge is 2.48. The molecule has 0 saturated carbocycles. The maximum absolute atomic E-state index is 13.9. The Morgan fingerprint density at radius 3 is 2.56 bits per heavy atom. The van der Waals surface area contributed by atoms with Crippen LogP contribution in [0.1, 0.15) is 24.1 Å². The molecule has 1 aliphatic heterocycles. The van der Waals surface area contributed by atoms with Gasteiger partial charge < -0.3 is 9.30 Å². The number of nitro benzene ring substituents is 1. The number of hydrogen-bond donors (Lipinski definition) is 0. The molecule has 0 unspecified atom stereocenters. The van der Waals surface area contributed by atoms with Crippen molar-refractivity contribution in [1.29, 1.82) is 0 Å². The number of esters is 1. The van der Waals surface area contributed by atoms with Crippen molar-refractivity contribution in [3.05, 3.63) is 100 Å². The van der Waals surface area contributed by atoms with Gasteiger partial charge in [0.25, 0.3) is 5.69 Å². The molecule has 0 aliphatic carbocycles. The van der Waals surface area contributed by atoms with Crippen molar-refractivity contribution in [2.24, 2.45) is 5.92 Å². The van der Waals surface area contributed by atoms with E-state index in [0.717, 1.165) is 11.1 Å². The molecule has 36 heavy (non-hydrogen) atoms. The van der Waals surface area contributed by atoms with Crippen molar-refractivity contribution >= 4 is 34.5 Å². The zero-order chi connectivity index (χ0) is 25.2. The monoisotopic (exact) mass is 484 g/mol. The van der Waals surface area contributed by atoms with Gasteiger partial charge in [0.05, 0.1) is 28.6 Å². The summed E-state index contributed by atoms with van der Waals surface area (Å²) < 4.78 is 7.18. The number of nitro groups is 1. The molecule has 9 heteroatoms. The molecule has 0 radical (unpaired) electrons. The lowest BCUT2D eigenvalue weighted by Gasteiger charge is -2.38. The highest BCUT2D eigenvalue weighted by molar-refractivity contribution is 6.08. The molecule has 1 amide bonds. The van der Waals surface area contributed by atoms with Crippen LogP contribution in [0, 0.1) is 16.0 Å². The van der Waals surface area contributed by atoms with Crippen LogP contribution in [0.25, 0.3) is 11.0 Å². The van der Waals surface area contributed by atoms with Crippen LogP contribution in [0.4, 0.5) is 11.6 Å². The van der Waals surface area contributed by atoms with Gasteiger partial charge in [-0.1, -0.05) is 54.6 Å². The van der Waals surface area contributed by atoms with Gasteiger partial charge in [0, 0.05) is 18.7 Å². The molecule has 2 heterocycles. The first-order chi connectivity index (χ1) is 17.5. The van der Waals surface area contributed by atoms with E-state index in [-0.39, 0.29) is 12.3 Å². The molecule has 9 nitrogen and oxygen atoms in total. The quantitative estimate of drug-likeness (QED) is 0.168. The van der Waals surface area contributed by atoms with E-state index >= 15 is 0 Å². The standard InChI is InChI=1S/C27H24N4O5/c1-2-36-26(33)23-24(19-11-8-12-20(17-19)31(34)35)30-22-14-7-6-13-21(22)28-27(30)29(25(23)32)16-15-18-9-4-3-5-10-18/h3-14,17,23-24H,2,15-16H2,1H3/t23-,24-/m1/s1. The Bertz CT molecular complexity index is 1450. The zero-order valence-corrected chi connectivity index (χ0v) is 19.6. The van der Waals surface area contributed by atoms with Crippen molar-refractivity contribution < 1.29 is 19.2 Å². The lowest BCUT2D eigenvalue weighted by Crippen LogP contribution is -2.50. The average molecular weight is 485 g/mol. The summed E-state index contributed by atoms with van der Waals surface area (Å²) in [6.45, 7) is 2.09. The summed E-state index contributed by atoms with van der Waals surface area (Å²) in [4.78, 5) is 44.5. The van der Waals surface area contributed by atoms with Crippen molar-refractivity contribution in [3.63, 3.8) is 0 Å². The number of carbonyl (C=O) groups excluding carboxylic acids is 2. The second-order valence-electron chi connectivity index (χ2n) is 8.52.